The molecule has 0 spiro atoms. The van der Waals surface area contributed by atoms with Gasteiger partial charge in [-0.05, 0) is 18.9 Å². The van der Waals surface area contributed by atoms with E-state index in [1.807, 2.05) is 20.0 Å². The summed E-state index contributed by atoms with van der Waals surface area (Å²) in [5, 5.41) is 16.1. The minimum atomic E-state index is -0.818. The lowest BCUT2D eigenvalue weighted by atomic mass is 9.84. The van der Waals surface area contributed by atoms with Crippen LogP contribution >= 0.6 is 0 Å². The molecule has 2 heterocycles. The minimum Gasteiger partial charge on any atom is -0.481 e. The minimum absolute atomic E-state index is 0.220. The van der Waals surface area contributed by atoms with Crippen LogP contribution in [0.15, 0.2) is 12.3 Å². The van der Waals surface area contributed by atoms with Crippen LogP contribution in [0.2, 0.25) is 0 Å². The molecule has 0 aliphatic carbocycles. The van der Waals surface area contributed by atoms with E-state index in [2.05, 4.69) is 10.4 Å². The van der Waals surface area contributed by atoms with Crippen molar-refractivity contribution in [1.82, 2.24) is 20.0 Å². The molecule has 2 N–H and O–H groups in total. The summed E-state index contributed by atoms with van der Waals surface area (Å²) in [6.07, 6.45) is 2.72. The van der Waals surface area contributed by atoms with Gasteiger partial charge < -0.3 is 15.3 Å². The number of nitrogens with one attached hydrogen (secondary N) is 1. The summed E-state index contributed by atoms with van der Waals surface area (Å²) >= 11 is 0. The molecule has 0 aromatic carbocycles. The molecule has 0 saturated carbocycles. The molecule has 0 radical (unpaired) electrons. The number of aromatic nitrogens is 2. The molecule has 7 heteroatoms. The number of aryl methyl sites for hydroxylation is 1. The van der Waals surface area contributed by atoms with Crippen molar-refractivity contribution in [2.45, 2.75) is 26.3 Å². The van der Waals surface area contributed by atoms with Crippen LogP contribution in [0, 0.1) is 5.41 Å². The number of carboxylic acid groups (broad SMARTS) is 1. The predicted octanol–water partition coefficient (Wildman–Crippen LogP) is 0.816. The molecule has 110 valence electrons. The molecule has 20 heavy (non-hydrogen) atoms. The molecule has 1 aliphatic rings. The summed E-state index contributed by atoms with van der Waals surface area (Å²) < 4.78 is 1.69. The lowest BCUT2D eigenvalue weighted by Crippen LogP contribution is -2.41. The Bertz CT molecular complexity index is 513. The molecular formula is C13H20N4O3. The number of aliphatic carboxylic acids is 1. The van der Waals surface area contributed by atoms with Crippen LogP contribution in [0.1, 0.15) is 25.5 Å². The number of urea groups is 1. The zero-order valence-corrected chi connectivity index (χ0v) is 11.8. The van der Waals surface area contributed by atoms with Gasteiger partial charge in [-0.1, -0.05) is 6.92 Å². The maximum absolute atomic E-state index is 12.1. The molecule has 7 nitrogen and oxygen atoms in total. The van der Waals surface area contributed by atoms with Gasteiger partial charge in [0.05, 0.1) is 17.7 Å². The van der Waals surface area contributed by atoms with Crippen molar-refractivity contribution in [1.29, 1.82) is 0 Å². The second kappa shape index (κ2) is 5.52. The van der Waals surface area contributed by atoms with Crippen LogP contribution in [0.4, 0.5) is 4.79 Å². The molecule has 1 aromatic rings. The molecule has 1 atom stereocenters. The number of carbonyl (C=O) groups is 2. The Kier molecular flexibility index (Phi) is 3.96. The maximum Gasteiger partial charge on any atom is 0.317 e. The Morgan fingerprint density at radius 3 is 2.80 bits per heavy atom. The van der Waals surface area contributed by atoms with Gasteiger partial charge in [0, 0.05) is 26.3 Å². The highest BCUT2D eigenvalue weighted by atomic mass is 16.4. The standard InChI is InChI=1S/C13H20N4O3/c1-3-13(11(18)19)5-7-17(9-13)12(20)14-8-10-4-6-15-16(10)2/h4,6H,3,5,7-9H2,1-2H3,(H,14,20)(H,18,19). The monoisotopic (exact) mass is 280 g/mol. The first-order valence-electron chi connectivity index (χ1n) is 6.71. The summed E-state index contributed by atoms with van der Waals surface area (Å²) in [7, 11) is 1.81. The summed E-state index contributed by atoms with van der Waals surface area (Å²) in [5.41, 5.74) is 0.113. The Balaban J connectivity index is 1.92. The normalized spacial score (nSPS) is 22.0. The van der Waals surface area contributed by atoms with Gasteiger partial charge in [-0.25, -0.2) is 4.79 Å². The molecule has 1 saturated heterocycles. The SMILES string of the molecule is CCC1(C(=O)O)CCN(C(=O)NCc2ccnn2C)C1. The van der Waals surface area contributed by atoms with Gasteiger partial charge in [0.25, 0.3) is 0 Å². The average molecular weight is 280 g/mol. The van der Waals surface area contributed by atoms with Crippen LogP contribution in [0.5, 0.6) is 0 Å². The highest BCUT2D eigenvalue weighted by Gasteiger charge is 2.44. The fraction of sp³-hybridized carbons (Fsp3) is 0.615. The second-order valence-corrected chi connectivity index (χ2v) is 5.22. The van der Waals surface area contributed by atoms with Crippen molar-refractivity contribution in [3.63, 3.8) is 0 Å². The fourth-order valence-electron chi connectivity index (χ4n) is 2.51. The summed E-state index contributed by atoms with van der Waals surface area (Å²) in [6, 6.07) is 1.61. The average Bonchev–Trinajstić information content (AvgIpc) is 3.03. The van der Waals surface area contributed by atoms with Gasteiger partial charge in [-0.3, -0.25) is 9.48 Å². The van der Waals surface area contributed by atoms with Crippen LogP contribution < -0.4 is 5.32 Å². The molecule has 0 bridgehead atoms. The molecule has 1 aromatic heterocycles. The highest BCUT2D eigenvalue weighted by molar-refractivity contribution is 5.79. The zero-order chi connectivity index (χ0) is 14.8. The van der Waals surface area contributed by atoms with E-state index in [-0.39, 0.29) is 12.6 Å². The third-order valence-corrected chi connectivity index (χ3v) is 4.11. The highest BCUT2D eigenvalue weighted by Crippen LogP contribution is 2.34. The number of hydrogen-bond acceptors (Lipinski definition) is 3. The Hall–Kier alpha value is -2.05. The number of carboxylic acids is 1. The van der Waals surface area contributed by atoms with E-state index >= 15 is 0 Å². The second-order valence-electron chi connectivity index (χ2n) is 5.22. The van der Waals surface area contributed by atoms with Crippen LogP contribution in [-0.2, 0) is 18.4 Å². The number of rotatable bonds is 4. The van der Waals surface area contributed by atoms with Gasteiger partial charge in [-0.15, -0.1) is 0 Å². The third kappa shape index (κ3) is 2.61. The molecule has 2 amide bonds. The molecule has 1 fully saturated rings. The van der Waals surface area contributed by atoms with Crippen LogP contribution in [0.25, 0.3) is 0 Å². The zero-order valence-electron chi connectivity index (χ0n) is 11.8. The van der Waals surface area contributed by atoms with Gasteiger partial charge in [0.2, 0.25) is 0 Å². The third-order valence-electron chi connectivity index (χ3n) is 4.11. The van der Waals surface area contributed by atoms with Gasteiger partial charge in [-0.2, -0.15) is 5.10 Å². The Labute approximate surface area is 117 Å². The topological polar surface area (TPSA) is 87.5 Å². The predicted molar refractivity (Wildman–Crippen MR) is 72.0 cm³/mol. The fourth-order valence-corrected chi connectivity index (χ4v) is 2.51. The number of amides is 2. The lowest BCUT2D eigenvalue weighted by Gasteiger charge is -2.23. The van der Waals surface area contributed by atoms with E-state index in [9.17, 15) is 14.7 Å². The van der Waals surface area contributed by atoms with Crippen molar-refractivity contribution in [2.75, 3.05) is 13.1 Å². The Morgan fingerprint density at radius 2 is 2.30 bits per heavy atom. The number of hydrogen-bond donors (Lipinski definition) is 2. The molecule has 2 rings (SSSR count). The van der Waals surface area contributed by atoms with Gasteiger partial charge in [0.15, 0.2) is 0 Å². The van der Waals surface area contributed by atoms with Gasteiger partial charge in [0.1, 0.15) is 0 Å². The number of likely N-dealkylation sites (tertiary alicyclic amines) is 1. The quantitative estimate of drug-likeness (QED) is 0.854. The van der Waals surface area contributed by atoms with E-state index in [0.717, 1.165) is 5.69 Å². The smallest absolute Gasteiger partial charge is 0.317 e. The summed E-state index contributed by atoms with van der Waals surface area (Å²) in [6.45, 7) is 3.00. The molecular weight excluding hydrogens is 260 g/mol. The van der Waals surface area contributed by atoms with E-state index < -0.39 is 11.4 Å². The van der Waals surface area contributed by atoms with Crippen molar-refractivity contribution >= 4 is 12.0 Å². The number of carbonyl (C=O) groups excluding carboxylic acids is 1. The summed E-state index contributed by atoms with van der Waals surface area (Å²) in [5.74, 6) is -0.818. The number of nitrogens with zero attached hydrogens (tertiary/aromatic N) is 3. The first kappa shape index (κ1) is 14.4. The van der Waals surface area contributed by atoms with E-state index in [1.54, 1.807) is 15.8 Å². The van der Waals surface area contributed by atoms with E-state index in [4.69, 9.17) is 0 Å². The molecule has 1 aliphatic heterocycles. The van der Waals surface area contributed by atoms with Crippen LogP contribution in [-0.4, -0.2) is 44.9 Å². The van der Waals surface area contributed by atoms with E-state index in [1.165, 1.54) is 0 Å². The van der Waals surface area contributed by atoms with Gasteiger partial charge >= 0.3 is 12.0 Å². The van der Waals surface area contributed by atoms with Crippen molar-refractivity contribution in [3.05, 3.63) is 18.0 Å². The first-order valence-corrected chi connectivity index (χ1v) is 6.71. The maximum atomic E-state index is 12.1. The lowest BCUT2D eigenvalue weighted by molar-refractivity contribution is -0.148. The largest absolute Gasteiger partial charge is 0.481 e. The van der Waals surface area contributed by atoms with Crippen molar-refractivity contribution in [3.8, 4) is 0 Å². The van der Waals surface area contributed by atoms with Crippen molar-refractivity contribution < 1.29 is 14.7 Å². The van der Waals surface area contributed by atoms with Crippen molar-refractivity contribution in [2.24, 2.45) is 12.5 Å². The molecule has 1 unspecified atom stereocenters. The van der Waals surface area contributed by atoms with E-state index in [0.29, 0.717) is 25.9 Å². The van der Waals surface area contributed by atoms with Crippen LogP contribution in [0.3, 0.4) is 0 Å². The summed E-state index contributed by atoms with van der Waals surface area (Å²) in [4.78, 5) is 25.0. The first-order chi connectivity index (χ1) is 9.48. The Morgan fingerprint density at radius 1 is 1.55 bits per heavy atom.